The lowest BCUT2D eigenvalue weighted by Gasteiger charge is -2.43. The van der Waals surface area contributed by atoms with Crippen LogP contribution < -0.4 is 4.90 Å². The minimum absolute atomic E-state index is 0.576. The van der Waals surface area contributed by atoms with Gasteiger partial charge in [0.1, 0.15) is 0 Å². The molecular formula is C18H20ClN3O. The van der Waals surface area contributed by atoms with Crippen LogP contribution >= 0.6 is 11.6 Å². The first-order chi connectivity index (χ1) is 11.3. The average molecular weight is 330 g/mol. The fourth-order valence-corrected chi connectivity index (χ4v) is 3.59. The van der Waals surface area contributed by atoms with Crippen molar-refractivity contribution in [1.82, 2.24) is 9.88 Å². The number of fused-ring (bicyclic) bond motifs is 1. The highest BCUT2D eigenvalue weighted by atomic mass is 35.5. The molecule has 3 heterocycles. The van der Waals surface area contributed by atoms with Gasteiger partial charge >= 0.3 is 0 Å². The molecule has 1 aromatic carbocycles. The van der Waals surface area contributed by atoms with Gasteiger partial charge in [-0.05, 0) is 43.2 Å². The van der Waals surface area contributed by atoms with Crippen LogP contribution in [0.5, 0.6) is 0 Å². The first-order valence-electron chi connectivity index (χ1n) is 8.09. The zero-order valence-electron chi connectivity index (χ0n) is 13.0. The molecule has 0 atom stereocenters. The first-order valence-corrected chi connectivity index (χ1v) is 8.47. The monoisotopic (exact) mass is 329 g/mol. The van der Waals surface area contributed by atoms with E-state index in [4.69, 9.17) is 16.3 Å². The molecule has 1 aromatic heterocycles. The smallest absolute Gasteiger partial charge is 0.0762 e. The molecule has 0 saturated carbocycles. The Labute approximate surface area is 141 Å². The van der Waals surface area contributed by atoms with Gasteiger partial charge in [-0.15, -0.1) is 0 Å². The van der Waals surface area contributed by atoms with E-state index in [9.17, 15) is 0 Å². The Morgan fingerprint density at radius 3 is 2.65 bits per heavy atom. The van der Waals surface area contributed by atoms with Crippen molar-refractivity contribution >= 4 is 23.0 Å². The number of ether oxygens (including phenoxy) is 1. The van der Waals surface area contributed by atoms with Crippen LogP contribution in [0.2, 0.25) is 5.02 Å². The molecule has 2 aliphatic rings. The van der Waals surface area contributed by atoms with Crippen LogP contribution in [-0.2, 0) is 11.3 Å². The molecule has 5 heteroatoms. The van der Waals surface area contributed by atoms with E-state index in [1.165, 1.54) is 16.9 Å². The van der Waals surface area contributed by atoms with Crippen LogP contribution in [-0.4, -0.2) is 35.8 Å². The van der Waals surface area contributed by atoms with Gasteiger partial charge < -0.3 is 9.64 Å². The Bertz CT molecular complexity index is 670. The summed E-state index contributed by atoms with van der Waals surface area (Å²) in [5.41, 5.74) is 3.68. The summed E-state index contributed by atoms with van der Waals surface area (Å²) in [6.45, 7) is 3.57. The van der Waals surface area contributed by atoms with Crippen molar-refractivity contribution < 1.29 is 4.74 Å². The number of hydrogen-bond donors (Lipinski definition) is 0. The number of benzene rings is 1. The summed E-state index contributed by atoms with van der Waals surface area (Å²) in [4.78, 5) is 9.22. The zero-order valence-corrected chi connectivity index (χ0v) is 13.7. The van der Waals surface area contributed by atoms with Crippen molar-refractivity contribution in [3.05, 3.63) is 53.3 Å². The Kier molecular flexibility index (Phi) is 4.21. The van der Waals surface area contributed by atoms with Crippen LogP contribution in [0.25, 0.3) is 0 Å². The summed E-state index contributed by atoms with van der Waals surface area (Å²) in [7, 11) is 0. The van der Waals surface area contributed by atoms with E-state index in [0.717, 1.165) is 44.3 Å². The lowest BCUT2D eigenvalue weighted by atomic mass is 10.0. The highest BCUT2D eigenvalue weighted by Crippen LogP contribution is 2.35. The molecule has 4 nitrogen and oxygen atoms in total. The van der Waals surface area contributed by atoms with Gasteiger partial charge in [-0.1, -0.05) is 11.6 Å². The first kappa shape index (κ1) is 14.9. The molecule has 0 radical (unpaired) electrons. The molecule has 0 spiro atoms. The Morgan fingerprint density at radius 2 is 1.87 bits per heavy atom. The second kappa shape index (κ2) is 6.48. The van der Waals surface area contributed by atoms with Crippen molar-refractivity contribution in [2.45, 2.75) is 25.4 Å². The number of anilines is 2. The van der Waals surface area contributed by atoms with Crippen LogP contribution in [0.4, 0.5) is 11.4 Å². The zero-order chi connectivity index (χ0) is 15.6. The standard InChI is InChI=1S/C18H20ClN3O/c19-15-1-3-17(4-2-15)22-13-21(16-6-9-23-10-7-16)12-14-11-20-8-5-18(14)22/h1-5,8,11,16H,6-7,9-10,12-13H2. The Balaban J connectivity index is 1.67. The number of aromatic nitrogens is 1. The quantitative estimate of drug-likeness (QED) is 0.837. The molecule has 120 valence electrons. The highest BCUT2D eigenvalue weighted by molar-refractivity contribution is 6.30. The largest absolute Gasteiger partial charge is 0.381 e. The van der Waals surface area contributed by atoms with Crippen molar-refractivity contribution in [2.24, 2.45) is 0 Å². The lowest BCUT2D eigenvalue weighted by Crippen LogP contribution is -2.47. The van der Waals surface area contributed by atoms with E-state index in [0.29, 0.717) is 6.04 Å². The maximum absolute atomic E-state index is 6.05. The summed E-state index contributed by atoms with van der Waals surface area (Å²) in [6, 6.07) is 10.7. The third-order valence-corrected chi connectivity index (χ3v) is 4.96. The maximum Gasteiger partial charge on any atom is 0.0762 e. The highest BCUT2D eigenvalue weighted by Gasteiger charge is 2.29. The van der Waals surface area contributed by atoms with Gasteiger partial charge in [0.15, 0.2) is 0 Å². The molecule has 0 N–H and O–H groups in total. The average Bonchev–Trinajstić information content (AvgIpc) is 2.62. The lowest BCUT2D eigenvalue weighted by molar-refractivity contribution is 0.0302. The van der Waals surface area contributed by atoms with Crippen LogP contribution in [0, 0.1) is 0 Å². The molecule has 0 unspecified atom stereocenters. The second-order valence-electron chi connectivity index (χ2n) is 6.14. The molecule has 1 fully saturated rings. The number of rotatable bonds is 2. The van der Waals surface area contributed by atoms with Crippen molar-refractivity contribution in [1.29, 1.82) is 0 Å². The van der Waals surface area contributed by atoms with E-state index in [2.05, 4.69) is 33.0 Å². The molecule has 1 saturated heterocycles. The van der Waals surface area contributed by atoms with E-state index in [1.54, 1.807) is 0 Å². The number of hydrogen-bond acceptors (Lipinski definition) is 4. The molecule has 0 aliphatic carbocycles. The van der Waals surface area contributed by atoms with Crippen molar-refractivity contribution in [3.8, 4) is 0 Å². The predicted molar refractivity (Wildman–Crippen MR) is 92.1 cm³/mol. The van der Waals surface area contributed by atoms with Gasteiger partial charge in [-0.25, -0.2) is 0 Å². The molecule has 0 bridgehead atoms. The van der Waals surface area contributed by atoms with E-state index in [-0.39, 0.29) is 0 Å². The summed E-state index contributed by atoms with van der Waals surface area (Å²) in [5.74, 6) is 0. The van der Waals surface area contributed by atoms with E-state index in [1.807, 2.05) is 24.5 Å². The number of pyridine rings is 1. The van der Waals surface area contributed by atoms with E-state index >= 15 is 0 Å². The third-order valence-electron chi connectivity index (χ3n) is 4.71. The summed E-state index contributed by atoms with van der Waals surface area (Å²) in [6.07, 6.45) is 6.06. The van der Waals surface area contributed by atoms with Gasteiger partial charge in [0.2, 0.25) is 0 Å². The maximum atomic E-state index is 6.05. The minimum Gasteiger partial charge on any atom is -0.381 e. The number of nitrogens with zero attached hydrogens (tertiary/aromatic N) is 3. The summed E-state index contributed by atoms with van der Waals surface area (Å²) >= 11 is 6.05. The SMILES string of the molecule is Clc1ccc(N2CN(C3CCOCC3)Cc3cnccc32)cc1. The second-order valence-corrected chi connectivity index (χ2v) is 6.58. The minimum atomic E-state index is 0.576. The van der Waals surface area contributed by atoms with Crippen molar-refractivity contribution in [2.75, 3.05) is 24.8 Å². The van der Waals surface area contributed by atoms with Crippen LogP contribution in [0.3, 0.4) is 0 Å². The fourth-order valence-electron chi connectivity index (χ4n) is 3.47. The van der Waals surface area contributed by atoms with Crippen LogP contribution in [0.1, 0.15) is 18.4 Å². The third kappa shape index (κ3) is 3.07. The Hall–Kier alpha value is -1.62. The molecule has 0 amide bonds. The normalized spacial score (nSPS) is 19.6. The predicted octanol–water partition coefficient (Wildman–Crippen LogP) is 3.83. The molecule has 2 aromatic rings. The van der Waals surface area contributed by atoms with E-state index < -0.39 is 0 Å². The Morgan fingerprint density at radius 1 is 1.09 bits per heavy atom. The number of halogens is 1. The fraction of sp³-hybridized carbons (Fsp3) is 0.389. The molecule has 4 rings (SSSR count). The molecular weight excluding hydrogens is 310 g/mol. The molecule has 2 aliphatic heterocycles. The van der Waals surface area contributed by atoms with Gasteiger partial charge in [0.05, 0.1) is 6.67 Å². The van der Waals surface area contributed by atoms with Crippen molar-refractivity contribution in [3.63, 3.8) is 0 Å². The topological polar surface area (TPSA) is 28.6 Å². The molecule has 23 heavy (non-hydrogen) atoms. The summed E-state index contributed by atoms with van der Waals surface area (Å²) < 4.78 is 5.52. The van der Waals surface area contributed by atoms with Gasteiger partial charge in [-0.2, -0.15) is 0 Å². The van der Waals surface area contributed by atoms with Gasteiger partial charge in [0, 0.05) is 60.2 Å². The van der Waals surface area contributed by atoms with Gasteiger partial charge in [0.25, 0.3) is 0 Å². The van der Waals surface area contributed by atoms with Crippen LogP contribution in [0.15, 0.2) is 42.7 Å². The summed E-state index contributed by atoms with van der Waals surface area (Å²) in [5, 5.41) is 0.766. The van der Waals surface area contributed by atoms with Gasteiger partial charge in [-0.3, -0.25) is 9.88 Å².